The Hall–Kier alpha value is -4.98. The Kier molecular flexibility index (Phi) is 11.8. The molecule has 15 heteroatoms. The van der Waals surface area contributed by atoms with Gasteiger partial charge in [0.15, 0.2) is 5.96 Å². The molecule has 1 fully saturated rings. The minimum Gasteiger partial charge on any atom is -0.462 e. The molecule has 48 heavy (non-hydrogen) atoms. The van der Waals surface area contributed by atoms with E-state index in [1.165, 1.54) is 20.8 Å². The fraction of sp³-hybridized carbons (Fsp3) is 0.424. The van der Waals surface area contributed by atoms with Gasteiger partial charge in [0.05, 0.1) is 17.1 Å². The van der Waals surface area contributed by atoms with E-state index in [4.69, 9.17) is 37.3 Å². The minimum atomic E-state index is -0.940. The molecular formula is C33H40ClN7O7. The summed E-state index contributed by atoms with van der Waals surface area (Å²) in [6.07, 6.45) is -1.86. The SMILES string of the molecule is CC(=O)OC[C@@H](OC(C)=O)C(C)[C@H](OC(C)=O)[C@@H](C)C(=O)N1CCN(c2cccc(-c3nc(N=C(N)N)nc4ccc(Cl)cc34)c2)CC1. The molecule has 2 aromatic carbocycles. The summed E-state index contributed by atoms with van der Waals surface area (Å²) >= 11 is 6.31. The molecule has 1 aliphatic rings. The lowest BCUT2D eigenvalue weighted by atomic mass is 9.88. The predicted molar refractivity (Wildman–Crippen MR) is 180 cm³/mol. The number of anilines is 1. The van der Waals surface area contributed by atoms with Gasteiger partial charge in [-0.25, -0.2) is 9.97 Å². The van der Waals surface area contributed by atoms with Gasteiger partial charge >= 0.3 is 17.9 Å². The molecule has 1 unspecified atom stereocenters. The molecular weight excluding hydrogens is 642 g/mol. The number of guanidine groups is 1. The number of aromatic nitrogens is 2. The molecule has 3 aromatic rings. The van der Waals surface area contributed by atoms with Crippen LogP contribution >= 0.6 is 11.6 Å². The molecule has 0 bridgehead atoms. The van der Waals surface area contributed by atoms with Gasteiger partial charge in [0.1, 0.15) is 18.8 Å². The molecule has 1 saturated heterocycles. The summed E-state index contributed by atoms with van der Waals surface area (Å²) in [6, 6.07) is 13.1. The van der Waals surface area contributed by atoms with E-state index in [0.29, 0.717) is 42.4 Å². The van der Waals surface area contributed by atoms with Crippen molar-refractivity contribution in [2.24, 2.45) is 28.3 Å². The molecule has 2 heterocycles. The fourth-order valence-corrected chi connectivity index (χ4v) is 5.88. The van der Waals surface area contributed by atoms with Gasteiger partial charge in [0.2, 0.25) is 5.91 Å². The van der Waals surface area contributed by atoms with Gasteiger partial charge in [-0.3, -0.25) is 19.2 Å². The van der Waals surface area contributed by atoms with Crippen molar-refractivity contribution >= 4 is 63.9 Å². The minimum absolute atomic E-state index is 0.124. The topological polar surface area (TPSA) is 193 Å². The molecule has 4 rings (SSSR count). The lowest BCUT2D eigenvalue weighted by molar-refractivity contribution is -0.172. The molecule has 14 nitrogen and oxygen atoms in total. The van der Waals surface area contributed by atoms with Crippen molar-refractivity contribution in [3.05, 3.63) is 47.5 Å². The number of fused-ring (bicyclic) bond motifs is 1. The quantitative estimate of drug-likeness (QED) is 0.130. The summed E-state index contributed by atoms with van der Waals surface area (Å²) in [4.78, 5) is 66.1. The Morgan fingerprint density at radius 3 is 2.23 bits per heavy atom. The Morgan fingerprint density at radius 2 is 1.60 bits per heavy atom. The van der Waals surface area contributed by atoms with E-state index in [0.717, 1.165) is 16.6 Å². The number of hydrogen-bond acceptors (Lipinski definition) is 11. The van der Waals surface area contributed by atoms with Crippen LogP contribution in [0.15, 0.2) is 47.5 Å². The highest BCUT2D eigenvalue weighted by Gasteiger charge is 2.39. The van der Waals surface area contributed by atoms with Crippen LogP contribution in [-0.2, 0) is 33.4 Å². The summed E-state index contributed by atoms with van der Waals surface area (Å²) in [5.41, 5.74) is 14.2. The summed E-state index contributed by atoms with van der Waals surface area (Å²) in [6.45, 7) is 8.74. The van der Waals surface area contributed by atoms with Gasteiger partial charge in [0, 0.05) is 74.5 Å². The van der Waals surface area contributed by atoms with Crippen molar-refractivity contribution in [2.75, 3.05) is 37.7 Å². The third-order valence-corrected chi connectivity index (χ3v) is 8.24. The lowest BCUT2D eigenvalue weighted by Gasteiger charge is -2.39. The van der Waals surface area contributed by atoms with Crippen LogP contribution in [-0.4, -0.2) is 89.6 Å². The maximum Gasteiger partial charge on any atom is 0.303 e. The zero-order chi connectivity index (χ0) is 35.1. The number of aliphatic imine (C=N–C) groups is 1. The second-order valence-corrected chi connectivity index (χ2v) is 12.0. The van der Waals surface area contributed by atoms with Crippen LogP contribution in [0.25, 0.3) is 22.2 Å². The molecule has 4 N–H and O–H groups in total. The van der Waals surface area contributed by atoms with Crippen LogP contribution in [0.2, 0.25) is 5.02 Å². The largest absolute Gasteiger partial charge is 0.462 e. The summed E-state index contributed by atoms with van der Waals surface area (Å²) in [5.74, 6) is -3.41. The highest BCUT2D eigenvalue weighted by atomic mass is 35.5. The first-order valence-corrected chi connectivity index (χ1v) is 15.8. The van der Waals surface area contributed by atoms with Crippen molar-refractivity contribution < 1.29 is 33.4 Å². The summed E-state index contributed by atoms with van der Waals surface area (Å²) in [7, 11) is 0. The van der Waals surface area contributed by atoms with Crippen LogP contribution in [0.5, 0.6) is 0 Å². The molecule has 256 valence electrons. The molecule has 4 atom stereocenters. The van der Waals surface area contributed by atoms with Crippen LogP contribution in [0.4, 0.5) is 11.6 Å². The fourth-order valence-electron chi connectivity index (χ4n) is 5.71. The number of halogens is 1. The predicted octanol–water partition coefficient (Wildman–Crippen LogP) is 3.20. The number of benzene rings is 2. The van der Waals surface area contributed by atoms with Gasteiger partial charge < -0.3 is 35.5 Å². The Labute approximate surface area is 283 Å². The zero-order valence-electron chi connectivity index (χ0n) is 27.5. The van der Waals surface area contributed by atoms with E-state index in [1.54, 1.807) is 36.9 Å². The molecule has 1 amide bonds. The second-order valence-electron chi connectivity index (χ2n) is 11.6. The number of ether oxygens (including phenoxy) is 3. The number of nitrogens with two attached hydrogens (primary N) is 2. The van der Waals surface area contributed by atoms with Crippen molar-refractivity contribution in [1.82, 2.24) is 14.9 Å². The van der Waals surface area contributed by atoms with E-state index in [-0.39, 0.29) is 24.4 Å². The van der Waals surface area contributed by atoms with Gasteiger partial charge in [0.25, 0.3) is 5.95 Å². The molecule has 0 saturated carbocycles. The first kappa shape index (κ1) is 35.9. The Balaban J connectivity index is 1.51. The number of nitrogens with zero attached hydrogens (tertiary/aromatic N) is 5. The summed E-state index contributed by atoms with van der Waals surface area (Å²) < 4.78 is 16.1. The lowest BCUT2D eigenvalue weighted by Crippen LogP contribution is -2.53. The van der Waals surface area contributed by atoms with Crippen molar-refractivity contribution in [1.29, 1.82) is 0 Å². The Bertz CT molecular complexity index is 1710. The number of hydrogen-bond donors (Lipinski definition) is 2. The number of carbonyl (C=O) groups is 4. The third-order valence-electron chi connectivity index (χ3n) is 8.01. The summed E-state index contributed by atoms with van der Waals surface area (Å²) in [5, 5.41) is 1.27. The van der Waals surface area contributed by atoms with Gasteiger partial charge in [-0.2, -0.15) is 4.99 Å². The van der Waals surface area contributed by atoms with Crippen molar-refractivity contribution in [2.45, 2.75) is 46.8 Å². The second kappa shape index (κ2) is 15.7. The van der Waals surface area contributed by atoms with Crippen molar-refractivity contribution in [3.8, 4) is 11.3 Å². The van der Waals surface area contributed by atoms with Crippen molar-refractivity contribution in [3.63, 3.8) is 0 Å². The monoisotopic (exact) mass is 681 g/mol. The molecule has 1 aromatic heterocycles. The van der Waals surface area contributed by atoms with E-state index in [9.17, 15) is 19.2 Å². The first-order chi connectivity index (χ1) is 22.7. The average molecular weight is 682 g/mol. The first-order valence-electron chi connectivity index (χ1n) is 15.4. The maximum absolute atomic E-state index is 13.7. The van der Waals surface area contributed by atoms with Crippen LogP contribution in [0, 0.1) is 11.8 Å². The van der Waals surface area contributed by atoms with Gasteiger partial charge in [-0.15, -0.1) is 0 Å². The van der Waals surface area contributed by atoms with Crippen LogP contribution in [0.1, 0.15) is 34.6 Å². The Morgan fingerprint density at radius 1 is 0.917 bits per heavy atom. The zero-order valence-corrected chi connectivity index (χ0v) is 28.3. The third kappa shape index (κ3) is 9.09. The number of amides is 1. The molecule has 1 aliphatic heterocycles. The van der Waals surface area contributed by atoms with E-state index in [2.05, 4.69) is 19.9 Å². The van der Waals surface area contributed by atoms with Crippen LogP contribution < -0.4 is 16.4 Å². The highest BCUT2D eigenvalue weighted by molar-refractivity contribution is 6.31. The van der Waals surface area contributed by atoms with Crippen LogP contribution in [0.3, 0.4) is 0 Å². The highest BCUT2D eigenvalue weighted by Crippen LogP contribution is 2.33. The molecule has 0 aliphatic carbocycles. The maximum atomic E-state index is 13.7. The van der Waals surface area contributed by atoms with E-state index in [1.807, 2.05) is 24.3 Å². The standard InChI is InChI=1S/C33H40ClN7O7/c1-18(28(47-21(4)43)17-46-20(3)42)30(48-22(5)44)19(2)31(45)41-13-11-40(12-14-41)25-8-6-7-23(15-25)29-26-16-24(34)9-10-27(26)37-33(38-29)39-32(35)36/h6-10,15-16,18-19,28,30H,11-14,17H2,1-5H3,(H4,35,36,37,38,39)/t18?,19-,28-,30+/m1/s1. The molecule has 0 radical (unpaired) electrons. The van der Waals surface area contributed by atoms with Gasteiger partial charge in [-0.1, -0.05) is 37.6 Å². The number of piperazine rings is 1. The average Bonchev–Trinajstić information content (AvgIpc) is 3.04. The van der Waals surface area contributed by atoms with Gasteiger partial charge in [-0.05, 0) is 30.3 Å². The van der Waals surface area contributed by atoms with E-state index < -0.39 is 42.0 Å². The normalized spacial score (nSPS) is 15.5. The number of carbonyl (C=O) groups excluding carboxylic acids is 4. The van der Waals surface area contributed by atoms with E-state index >= 15 is 0 Å². The number of rotatable bonds is 11. The smallest absolute Gasteiger partial charge is 0.303 e. The molecule has 0 spiro atoms. The number of esters is 3.